The van der Waals surface area contributed by atoms with Crippen LogP contribution in [0.2, 0.25) is 0 Å². The van der Waals surface area contributed by atoms with E-state index in [1.807, 2.05) is 0 Å². The van der Waals surface area contributed by atoms with Crippen LogP contribution in [-0.2, 0) is 6.18 Å². The maximum absolute atomic E-state index is 13.6. The fourth-order valence-corrected chi connectivity index (χ4v) is 1.91. The van der Waals surface area contributed by atoms with Gasteiger partial charge < -0.3 is 9.84 Å². The van der Waals surface area contributed by atoms with Gasteiger partial charge in [-0.05, 0) is 24.3 Å². The molecular formula is C15H9F4N3O. The first-order chi connectivity index (χ1) is 10.9. The van der Waals surface area contributed by atoms with E-state index in [0.717, 1.165) is 0 Å². The van der Waals surface area contributed by atoms with Gasteiger partial charge in [0.05, 0.1) is 5.69 Å². The van der Waals surface area contributed by atoms with Crippen molar-refractivity contribution in [3.63, 3.8) is 0 Å². The highest BCUT2D eigenvalue weighted by Gasteiger charge is 2.38. The summed E-state index contributed by atoms with van der Waals surface area (Å²) < 4.78 is 55.2. The smallest absolute Gasteiger partial charge is 0.353 e. The number of hydrogen-bond acceptors (Lipinski definition) is 4. The van der Waals surface area contributed by atoms with Crippen LogP contribution in [0.1, 0.15) is 5.89 Å². The lowest BCUT2D eigenvalue weighted by Crippen LogP contribution is -2.04. The Morgan fingerprint density at radius 2 is 1.78 bits per heavy atom. The number of benzene rings is 2. The molecule has 0 saturated heterocycles. The quantitative estimate of drug-likeness (QED) is 0.714. The molecule has 0 aliphatic carbocycles. The number of nitrogens with one attached hydrogen (secondary N) is 1. The minimum Gasteiger partial charge on any atom is -0.353 e. The van der Waals surface area contributed by atoms with E-state index >= 15 is 0 Å². The molecule has 0 unspecified atom stereocenters. The lowest BCUT2D eigenvalue weighted by Gasteiger charge is -2.08. The molecule has 0 amide bonds. The molecule has 2 aromatic carbocycles. The predicted molar refractivity (Wildman–Crippen MR) is 74.4 cm³/mol. The molecule has 1 aromatic heterocycles. The predicted octanol–water partition coefficient (Wildman–Crippen LogP) is 4.64. The van der Waals surface area contributed by atoms with Crippen molar-refractivity contribution in [2.24, 2.45) is 0 Å². The van der Waals surface area contributed by atoms with E-state index in [1.54, 1.807) is 24.3 Å². The molecule has 4 nitrogen and oxygen atoms in total. The standard InChI is InChI=1S/C15H9F4N3O/c16-11-6-1-2-7-12(11)20-10-5-3-4-9(8-10)13-21-14(23-22-13)15(17,18)19/h1-8,20H. The minimum atomic E-state index is -4.70. The van der Waals surface area contributed by atoms with E-state index in [1.165, 1.54) is 24.3 Å². The summed E-state index contributed by atoms with van der Waals surface area (Å²) in [5.74, 6) is -2.06. The van der Waals surface area contributed by atoms with Gasteiger partial charge in [-0.2, -0.15) is 18.2 Å². The third-order valence-corrected chi connectivity index (χ3v) is 2.94. The Hall–Kier alpha value is -2.90. The van der Waals surface area contributed by atoms with Gasteiger partial charge in [0, 0.05) is 11.3 Å². The van der Waals surface area contributed by atoms with Crippen molar-refractivity contribution >= 4 is 11.4 Å². The molecule has 0 atom stereocenters. The maximum Gasteiger partial charge on any atom is 0.471 e. The number of hydrogen-bond donors (Lipinski definition) is 1. The molecule has 0 radical (unpaired) electrons. The van der Waals surface area contributed by atoms with Crippen LogP contribution in [0.4, 0.5) is 28.9 Å². The molecule has 8 heteroatoms. The van der Waals surface area contributed by atoms with E-state index < -0.39 is 17.9 Å². The number of nitrogens with zero attached hydrogens (tertiary/aromatic N) is 2. The average Bonchev–Trinajstić information content (AvgIpc) is 3.00. The lowest BCUT2D eigenvalue weighted by atomic mass is 10.2. The Morgan fingerprint density at radius 1 is 1.00 bits per heavy atom. The topological polar surface area (TPSA) is 51.0 Å². The van der Waals surface area contributed by atoms with Crippen molar-refractivity contribution in [2.75, 3.05) is 5.32 Å². The van der Waals surface area contributed by atoms with E-state index in [-0.39, 0.29) is 11.5 Å². The highest BCUT2D eigenvalue weighted by Crippen LogP contribution is 2.30. The normalized spacial score (nSPS) is 11.5. The molecule has 0 aliphatic rings. The fraction of sp³-hybridized carbons (Fsp3) is 0.0667. The second-order valence-corrected chi connectivity index (χ2v) is 4.61. The van der Waals surface area contributed by atoms with Crippen LogP contribution in [0.3, 0.4) is 0 Å². The monoisotopic (exact) mass is 323 g/mol. The van der Waals surface area contributed by atoms with E-state index in [9.17, 15) is 17.6 Å². The summed E-state index contributed by atoms with van der Waals surface area (Å²) in [5.41, 5.74) is 1.03. The Morgan fingerprint density at radius 3 is 2.48 bits per heavy atom. The Labute approximate surface area is 127 Å². The number of rotatable bonds is 3. The molecule has 0 spiro atoms. The van der Waals surface area contributed by atoms with Gasteiger partial charge in [0.1, 0.15) is 5.82 Å². The highest BCUT2D eigenvalue weighted by molar-refractivity contribution is 5.67. The first-order valence-electron chi connectivity index (χ1n) is 6.46. The SMILES string of the molecule is Fc1ccccc1Nc1cccc(-c2noc(C(F)(F)F)n2)c1. The maximum atomic E-state index is 13.6. The van der Waals surface area contributed by atoms with Gasteiger partial charge in [-0.3, -0.25) is 0 Å². The summed E-state index contributed by atoms with van der Waals surface area (Å²) in [7, 11) is 0. The number of aromatic nitrogens is 2. The summed E-state index contributed by atoms with van der Waals surface area (Å²) in [5, 5.41) is 6.15. The van der Waals surface area contributed by atoms with Gasteiger partial charge in [-0.15, -0.1) is 0 Å². The van der Waals surface area contributed by atoms with Crippen molar-refractivity contribution in [3.05, 3.63) is 60.2 Å². The van der Waals surface area contributed by atoms with E-state index in [0.29, 0.717) is 11.3 Å². The summed E-state index contributed by atoms with van der Waals surface area (Å²) in [6.45, 7) is 0. The third-order valence-electron chi connectivity index (χ3n) is 2.94. The second-order valence-electron chi connectivity index (χ2n) is 4.61. The van der Waals surface area contributed by atoms with Crippen molar-refractivity contribution in [3.8, 4) is 11.4 Å². The van der Waals surface area contributed by atoms with Crippen LogP contribution in [0.25, 0.3) is 11.4 Å². The molecule has 118 valence electrons. The summed E-state index contributed by atoms with van der Waals surface area (Å²) in [4.78, 5) is 3.31. The minimum absolute atomic E-state index is 0.200. The molecule has 23 heavy (non-hydrogen) atoms. The first kappa shape index (κ1) is 15.0. The lowest BCUT2D eigenvalue weighted by molar-refractivity contribution is -0.159. The number of alkyl halides is 3. The van der Waals surface area contributed by atoms with Crippen LogP contribution in [0, 0.1) is 5.82 Å². The number of para-hydroxylation sites is 1. The number of anilines is 2. The second kappa shape index (κ2) is 5.71. The van der Waals surface area contributed by atoms with Gasteiger partial charge in [-0.25, -0.2) is 4.39 Å². The van der Waals surface area contributed by atoms with Gasteiger partial charge in [0.2, 0.25) is 5.82 Å². The Kier molecular flexibility index (Phi) is 3.73. The summed E-state index contributed by atoms with van der Waals surface area (Å²) in [6.07, 6.45) is -4.70. The average molecular weight is 323 g/mol. The zero-order chi connectivity index (χ0) is 16.4. The molecule has 1 heterocycles. The Bertz CT molecular complexity index is 829. The van der Waals surface area contributed by atoms with Crippen molar-refractivity contribution < 1.29 is 22.1 Å². The number of halogens is 4. The van der Waals surface area contributed by atoms with Crippen molar-refractivity contribution in [1.82, 2.24) is 10.1 Å². The van der Waals surface area contributed by atoms with Crippen LogP contribution >= 0.6 is 0 Å². The Balaban J connectivity index is 1.88. The van der Waals surface area contributed by atoms with Crippen molar-refractivity contribution in [2.45, 2.75) is 6.18 Å². The van der Waals surface area contributed by atoms with Gasteiger partial charge in [0.25, 0.3) is 0 Å². The van der Waals surface area contributed by atoms with Gasteiger partial charge >= 0.3 is 12.1 Å². The van der Waals surface area contributed by atoms with Crippen LogP contribution in [0.5, 0.6) is 0 Å². The van der Waals surface area contributed by atoms with E-state index in [4.69, 9.17) is 0 Å². The molecule has 3 rings (SSSR count). The summed E-state index contributed by atoms with van der Waals surface area (Å²) >= 11 is 0. The van der Waals surface area contributed by atoms with Gasteiger partial charge in [0.15, 0.2) is 0 Å². The van der Waals surface area contributed by atoms with Gasteiger partial charge in [-0.1, -0.05) is 29.4 Å². The third kappa shape index (κ3) is 3.31. The van der Waals surface area contributed by atoms with E-state index in [2.05, 4.69) is 20.0 Å². The van der Waals surface area contributed by atoms with Crippen LogP contribution in [0.15, 0.2) is 53.1 Å². The molecule has 0 aliphatic heterocycles. The van der Waals surface area contributed by atoms with Crippen molar-refractivity contribution in [1.29, 1.82) is 0 Å². The molecule has 3 aromatic rings. The zero-order valence-corrected chi connectivity index (χ0v) is 11.4. The first-order valence-corrected chi connectivity index (χ1v) is 6.46. The largest absolute Gasteiger partial charge is 0.471 e. The molecule has 0 fully saturated rings. The molecule has 1 N–H and O–H groups in total. The molecule has 0 saturated carbocycles. The molecular weight excluding hydrogens is 314 g/mol. The zero-order valence-electron chi connectivity index (χ0n) is 11.4. The summed E-state index contributed by atoms with van der Waals surface area (Å²) in [6, 6.07) is 12.3. The highest BCUT2D eigenvalue weighted by atomic mass is 19.4. The fourth-order valence-electron chi connectivity index (χ4n) is 1.91. The molecule has 0 bridgehead atoms. The van der Waals surface area contributed by atoms with Crippen LogP contribution < -0.4 is 5.32 Å². The van der Waals surface area contributed by atoms with Crippen LogP contribution in [-0.4, -0.2) is 10.1 Å².